The smallest absolute Gasteiger partial charge is 0.159 e. The second-order valence-corrected chi connectivity index (χ2v) is 8.38. The van der Waals surface area contributed by atoms with Crippen molar-refractivity contribution < 1.29 is 0 Å². The molecule has 0 aliphatic heterocycles. The zero-order valence-corrected chi connectivity index (χ0v) is 19.0. The van der Waals surface area contributed by atoms with Crippen LogP contribution in [-0.2, 0) is 0 Å². The maximum atomic E-state index is 4.89. The lowest BCUT2D eigenvalue weighted by Gasteiger charge is -2.10. The van der Waals surface area contributed by atoms with Crippen LogP contribution in [0.5, 0.6) is 0 Å². The van der Waals surface area contributed by atoms with Crippen LogP contribution in [0.4, 0.5) is 0 Å². The zero-order valence-electron chi connectivity index (χ0n) is 19.0. The van der Waals surface area contributed by atoms with Crippen molar-refractivity contribution in [2.24, 2.45) is 0 Å². The van der Waals surface area contributed by atoms with Gasteiger partial charge in [0.15, 0.2) is 11.3 Å². The van der Waals surface area contributed by atoms with Gasteiger partial charge in [-0.2, -0.15) is 10.2 Å². The van der Waals surface area contributed by atoms with E-state index in [4.69, 9.17) is 10.1 Å². The molecule has 0 N–H and O–H groups in total. The van der Waals surface area contributed by atoms with Gasteiger partial charge in [0.25, 0.3) is 0 Å². The predicted octanol–water partition coefficient (Wildman–Crippen LogP) is 4.55. The number of rotatable bonds is 4. The molecule has 0 radical (unpaired) electrons. The summed E-state index contributed by atoms with van der Waals surface area (Å²) >= 11 is 0. The number of hydrogen-bond donors (Lipinski definition) is 0. The molecule has 34 heavy (non-hydrogen) atoms. The van der Waals surface area contributed by atoms with Crippen LogP contribution in [0.3, 0.4) is 0 Å². The molecule has 0 aromatic carbocycles. The molecular formula is C25H21N9. The van der Waals surface area contributed by atoms with E-state index in [2.05, 4.69) is 44.9 Å². The normalized spacial score (nSPS) is 11.6. The largest absolute Gasteiger partial charge is 0.270 e. The molecule has 0 bridgehead atoms. The summed E-state index contributed by atoms with van der Waals surface area (Å²) < 4.78 is 3.79. The maximum absolute atomic E-state index is 4.89. The van der Waals surface area contributed by atoms with Crippen molar-refractivity contribution in [3.8, 4) is 33.8 Å². The third kappa shape index (κ3) is 3.29. The van der Waals surface area contributed by atoms with Gasteiger partial charge in [0.1, 0.15) is 11.4 Å². The van der Waals surface area contributed by atoms with Gasteiger partial charge in [0.05, 0.1) is 30.0 Å². The number of hydrogen-bond acceptors (Lipinski definition) is 7. The molecule has 9 heteroatoms. The van der Waals surface area contributed by atoms with E-state index in [9.17, 15) is 0 Å². The second kappa shape index (κ2) is 7.80. The number of fused-ring (bicyclic) bond motifs is 2. The van der Waals surface area contributed by atoms with E-state index in [0.717, 1.165) is 39.1 Å². The van der Waals surface area contributed by atoms with Crippen LogP contribution >= 0.6 is 0 Å². The van der Waals surface area contributed by atoms with Crippen LogP contribution in [0.25, 0.3) is 50.5 Å². The molecule has 0 aliphatic rings. The van der Waals surface area contributed by atoms with Gasteiger partial charge in [-0.1, -0.05) is 0 Å². The topological polar surface area (TPSA) is 99.6 Å². The van der Waals surface area contributed by atoms with Crippen molar-refractivity contribution in [2.75, 3.05) is 0 Å². The van der Waals surface area contributed by atoms with Crippen molar-refractivity contribution in [2.45, 2.75) is 26.8 Å². The first-order valence-corrected chi connectivity index (χ1v) is 11.0. The summed E-state index contributed by atoms with van der Waals surface area (Å²) in [6.45, 7) is 6.21. The summed E-state index contributed by atoms with van der Waals surface area (Å²) in [5.74, 6) is 0. The Morgan fingerprint density at radius 3 is 2.62 bits per heavy atom. The first kappa shape index (κ1) is 20.1. The molecular weight excluding hydrogens is 426 g/mol. The van der Waals surface area contributed by atoms with Gasteiger partial charge in [0, 0.05) is 52.9 Å². The maximum Gasteiger partial charge on any atom is 0.159 e. The Morgan fingerprint density at radius 1 is 0.912 bits per heavy atom. The highest BCUT2D eigenvalue weighted by Crippen LogP contribution is 2.33. The summed E-state index contributed by atoms with van der Waals surface area (Å²) in [5, 5.41) is 10.3. The highest BCUT2D eigenvalue weighted by molar-refractivity contribution is 5.88. The lowest BCUT2D eigenvalue weighted by atomic mass is 10.1. The summed E-state index contributed by atoms with van der Waals surface area (Å²) in [4.78, 5) is 22.6. The van der Waals surface area contributed by atoms with E-state index in [1.807, 2.05) is 52.9 Å². The Balaban J connectivity index is 1.55. The zero-order chi connectivity index (χ0) is 23.2. The minimum absolute atomic E-state index is 0.290. The SMILES string of the molecule is Cc1nn2c(-c3cc4cccnc4nc3-c3cnccn3)cnc2cc1-c1cnn(C(C)C)c1. The van der Waals surface area contributed by atoms with Crippen LogP contribution in [0.1, 0.15) is 25.6 Å². The van der Waals surface area contributed by atoms with E-state index in [0.29, 0.717) is 17.0 Å². The van der Waals surface area contributed by atoms with Crippen LogP contribution in [0, 0.1) is 6.92 Å². The third-order valence-corrected chi connectivity index (χ3v) is 5.79. The molecule has 0 spiro atoms. The van der Waals surface area contributed by atoms with Gasteiger partial charge in [-0.25, -0.2) is 19.5 Å². The molecule has 0 aliphatic carbocycles. The molecule has 0 unspecified atom stereocenters. The Kier molecular flexibility index (Phi) is 4.61. The van der Waals surface area contributed by atoms with Crippen LogP contribution in [0.15, 0.2) is 67.6 Å². The van der Waals surface area contributed by atoms with E-state index in [-0.39, 0.29) is 6.04 Å². The van der Waals surface area contributed by atoms with Crippen molar-refractivity contribution >= 4 is 16.7 Å². The Bertz CT molecular complexity index is 1650. The molecule has 6 heterocycles. The fourth-order valence-corrected chi connectivity index (χ4v) is 4.05. The number of aromatic nitrogens is 9. The number of aryl methyl sites for hydroxylation is 1. The molecule has 0 atom stereocenters. The van der Waals surface area contributed by atoms with Crippen LogP contribution in [-0.4, -0.2) is 44.3 Å². The average molecular weight is 448 g/mol. The summed E-state index contributed by atoms with van der Waals surface area (Å²) in [6, 6.07) is 8.28. The van der Waals surface area contributed by atoms with Gasteiger partial charge in [0.2, 0.25) is 0 Å². The number of pyridine rings is 2. The number of imidazole rings is 1. The molecule has 0 saturated heterocycles. The quantitative estimate of drug-likeness (QED) is 0.391. The van der Waals surface area contributed by atoms with Crippen molar-refractivity contribution in [1.82, 2.24) is 44.3 Å². The van der Waals surface area contributed by atoms with Gasteiger partial charge >= 0.3 is 0 Å². The lowest BCUT2D eigenvalue weighted by Crippen LogP contribution is -2.02. The van der Waals surface area contributed by atoms with Gasteiger partial charge in [-0.3, -0.25) is 14.6 Å². The highest BCUT2D eigenvalue weighted by Gasteiger charge is 2.19. The fourth-order valence-electron chi connectivity index (χ4n) is 4.05. The highest BCUT2D eigenvalue weighted by atomic mass is 15.3. The molecule has 9 nitrogen and oxygen atoms in total. The van der Waals surface area contributed by atoms with Gasteiger partial charge < -0.3 is 0 Å². The molecule has 0 fully saturated rings. The summed E-state index contributed by atoms with van der Waals surface area (Å²) in [7, 11) is 0. The monoisotopic (exact) mass is 447 g/mol. The Hall–Kier alpha value is -4.53. The van der Waals surface area contributed by atoms with Crippen molar-refractivity contribution in [1.29, 1.82) is 0 Å². The van der Waals surface area contributed by atoms with E-state index in [1.165, 1.54) is 0 Å². The molecule has 166 valence electrons. The summed E-state index contributed by atoms with van der Waals surface area (Å²) in [5.41, 5.74) is 7.32. The van der Waals surface area contributed by atoms with Crippen molar-refractivity contribution in [3.63, 3.8) is 0 Å². The second-order valence-electron chi connectivity index (χ2n) is 8.38. The minimum atomic E-state index is 0.290. The van der Waals surface area contributed by atoms with Gasteiger partial charge in [-0.15, -0.1) is 0 Å². The first-order chi connectivity index (χ1) is 16.6. The van der Waals surface area contributed by atoms with Gasteiger partial charge in [-0.05, 0) is 45.0 Å². The standard InChI is InChI=1S/C25H21N9/c1-15(2)33-14-18(11-30-33)19-10-23-29-13-22(34(23)32-16(19)3)20-9-17-5-4-6-28-25(17)31-24(20)21-12-26-7-8-27-21/h4-15H,1-3H3. The molecule has 0 saturated carbocycles. The van der Waals surface area contributed by atoms with E-state index >= 15 is 0 Å². The Labute approximate surface area is 195 Å². The molecule has 0 amide bonds. The average Bonchev–Trinajstić information content (AvgIpc) is 3.51. The molecule has 6 aromatic heterocycles. The third-order valence-electron chi connectivity index (χ3n) is 5.79. The molecule has 6 aromatic rings. The molecule has 6 rings (SSSR count). The first-order valence-electron chi connectivity index (χ1n) is 11.0. The minimum Gasteiger partial charge on any atom is -0.270 e. The lowest BCUT2D eigenvalue weighted by molar-refractivity contribution is 0.532. The van der Waals surface area contributed by atoms with Crippen LogP contribution < -0.4 is 0 Å². The Morgan fingerprint density at radius 2 is 1.82 bits per heavy atom. The van der Waals surface area contributed by atoms with E-state index in [1.54, 1.807) is 24.8 Å². The number of nitrogens with zero attached hydrogens (tertiary/aromatic N) is 9. The predicted molar refractivity (Wildman–Crippen MR) is 129 cm³/mol. The van der Waals surface area contributed by atoms with Crippen LogP contribution in [0.2, 0.25) is 0 Å². The van der Waals surface area contributed by atoms with E-state index < -0.39 is 0 Å². The van der Waals surface area contributed by atoms with Crippen molar-refractivity contribution in [3.05, 3.63) is 73.3 Å². The summed E-state index contributed by atoms with van der Waals surface area (Å²) in [6.07, 6.45) is 12.5. The fraction of sp³-hybridized carbons (Fsp3) is 0.160.